The number of nitrogens with zero attached hydrogens (tertiary/aromatic N) is 2. The van der Waals surface area contributed by atoms with Crippen LogP contribution in [0, 0.1) is 5.92 Å². The van der Waals surface area contributed by atoms with E-state index >= 15 is 0 Å². The smallest absolute Gasteiger partial charge is 0.321 e. The Morgan fingerprint density at radius 3 is 2.54 bits per heavy atom. The summed E-state index contributed by atoms with van der Waals surface area (Å²) < 4.78 is 1.86. The Morgan fingerprint density at radius 1 is 1.04 bits per heavy atom. The fourth-order valence-electron chi connectivity index (χ4n) is 4.05. The quantitative estimate of drug-likeness (QED) is 0.846. The molecule has 1 aromatic carbocycles. The summed E-state index contributed by atoms with van der Waals surface area (Å²) in [6.45, 7) is 3.44. The van der Waals surface area contributed by atoms with E-state index in [1.807, 2.05) is 15.5 Å². The molecule has 2 atom stereocenters. The zero-order valence-corrected chi connectivity index (χ0v) is 14.6. The van der Waals surface area contributed by atoms with Crippen molar-refractivity contribution in [1.29, 1.82) is 0 Å². The number of hydrogen-bond acceptors (Lipinski definition) is 3. The molecule has 6 heteroatoms. The van der Waals surface area contributed by atoms with Crippen LogP contribution in [0.3, 0.4) is 0 Å². The number of likely N-dealkylation sites (tertiary alicyclic amines) is 1. The number of Topliss-reactive ketones (excluding diaryl/α,β-unsaturated/α-hetero) is 1. The molecule has 1 N–H and O–H groups in total. The van der Waals surface area contributed by atoms with E-state index in [-0.39, 0.29) is 23.3 Å². The van der Waals surface area contributed by atoms with Gasteiger partial charge in [0.1, 0.15) is 0 Å². The Bertz CT molecular complexity index is 917. The van der Waals surface area contributed by atoms with E-state index in [2.05, 4.69) is 5.32 Å². The van der Waals surface area contributed by atoms with Gasteiger partial charge in [-0.05, 0) is 49.6 Å². The third-order valence-corrected chi connectivity index (χ3v) is 5.31. The molecule has 6 nitrogen and oxygen atoms in total. The highest BCUT2D eigenvalue weighted by molar-refractivity contribution is 5.95. The van der Waals surface area contributed by atoms with E-state index in [1.54, 1.807) is 36.4 Å². The largest absolute Gasteiger partial charge is 0.324 e. The number of urea groups is 1. The highest BCUT2D eigenvalue weighted by Gasteiger charge is 2.36. The van der Waals surface area contributed by atoms with Crippen molar-refractivity contribution in [3.63, 3.8) is 0 Å². The van der Waals surface area contributed by atoms with Crippen molar-refractivity contribution in [3.8, 4) is 0 Å². The van der Waals surface area contributed by atoms with Crippen molar-refractivity contribution in [2.75, 3.05) is 18.4 Å². The lowest BCUT2D eigenvalue weighted by molar-refractivity contribution is 0.101. The molecule has 26 heavy (non-hydrogen) atoms. The van der Waals surface area contributed by atoms with Gasteiger partial charge < -0.3 is 14.8 Å². The fraction of sp³-hybridized carbons (Fsp3) is 0.350. The van der Waals surface area contributed by atoms with Crippen LogP contribution in [0.5, 0.6) is 0 Å². The van der Waals surface area contributed by atoms with Crippen LogP contribution in [0.2, 0.25) is 0 Å². The third kappa shape index (κ3) is 3.03. The molecule has 3 heterocycles. The number of hydrogen-bond donors (Lipinski definition) is 1. The van der Waals surface area contributed by atoms with Crippen molar-refractivity contribution in [3.05, 3.63) is 64.1 Å². The first-order valence-electron chi connectivity index (χ1n) is 8.88. The maximum absolute atomic E-state index is 12.7. The molecule has 2 amide bonds. The molecule has 1 fully saturated rings. The van der Waals surface area contributed by atoms with Gasteiger partial charge in [0.2, 0.25) is 0 Å². The highest BCUT2D eigenvalue weighted by Crippen LogP contribution is 2.35. The lowest BCUT2D eigenvalue weighted by atomic mass is 9.83. The SMILES string of the molecule is CC(=O)c1ccc(NC(=O)N2C[C@@H]3C[C@@H](C2)c2cccc(=O)n2C3)cc1. The summed E-state index contributed by atoms with van der Waals surface area (Å²) in [6, 6.07) is 12.2. The van der Waals surface area contributed by atoms with Gasteiger partial charge in [-0.3, -0.25) is 9.59 Å². The lowest BCUT2D eigenvalue weighted by Crippen LogP contribution is -2.50. The Balaban J connectivity index is 1.49. The van der Waals surface area contributed by atoms with Gasteiger partial charge in [0.15, 0.2) is 5.78 Å². The highest BCUT2D eigenvalue weighted by atomic mass is 16.2. The van der Waals surface area contributed by atoms with Gasteiger partial charge in [-0.2, -0.15) is 0 Å². The fourth-order valence-corrected chi connectivity index (χ4v) is 4.05. The maximum Gasteiger partial charge on any atom is 0.321 e. The number of anilines is 1. The molecule has 2 aliphatic heterocycles. The summed E-state index contributed by atoms with van der Waals surface area (Å²) in [7, 11) is 0. The Morgan fingerprint density at radius 2 is 1.81 bits per heavy atom. The van der Waals surface area contributed by atoms with Crippen molar-refractivity contribution >= 4 is 17.5 Å². The molecule has 0 spiro atoms. The molecule has 0 radical (unpaired) electrons. The maximum atomic E-state index is 12.7. The summed E-state index contributed by atoms with van der Waals surface area (Å²) in [5.41, 5.74) is 2.36. The number of ketones is 1. The van der Waals surface area contributed by atoms with Crippen LogP contribution >= 0.6 is 0 Å². The number of piperidine rings is 1. The van der Waals surface area contributed by atoms with Gasteiger partial charge in [0, 0.05) is 48.6 Å². The van der Waals surface area contributed by atoms with Crippen molar-refractivity contribution in [1.82, 2.24) is 9.47 Å². The predicted octanol–water partition coefficient (Wildman–Crippen LogP) is 2.70. The molecule has 0 unspecified atom stereocenters. The van der Waals surface area contributed by atoms with Gasteiger partial charge in [-0.15, -0.1) is 0 Å². The molecule has 1 saturated heterocycles. The number of pyridine rings is 1. The molecule has 2 aromatic rings. The molecule has 2 bridgehead atoms. The monoisotopic (exact) mass is 351 g/mol. The number of aromatic nitrogens is 1. The first-order chi connectivity index (χ1) is 12.5. The van der Waals surface area contributed by atoms with Crippen LogP contribution in [0.15, 0.2) is 47.3 Å². The summed E-state index contributed by atoms with van der Waals surface area (Å²) in [6.07, 6.45) is 1.01. The van der Waals surface area contributed by atoms with Crippen LogP contribution in [-0.4, -0.2) is 34.4 Å². The molecule has 134 valence electrons. The Labute approximate surface area is 151 Å². The van der Waals surface area contributed by atoms with Gasteiger partial charge in [-0.25, -0.2) is 4.79 Å². The van der Waals surface area contributed by atoms with E-state index < -0.39 is 0 Å². The van der Waals surface area contributed by atoms with Crippen LogP contribution in [0.1, 0.15) is 35.3 Å². The van der Waals surface area contributed by atoms with Gasteiger partial charge in [0.05, 0.1) is 0 Å². The van der Waals surface area contributed by atoms with E-state index in [0.717, 1.165) is 12.1 Å². The van der Waals surface area contributed by atoms with Crippen molar-refractivity contribution in [2.45, 2.75) is 25.8 Å². The van der Waals surface area contributed by atoms with Crippen LogP contribution in [0.25, 0.3) is 0 Å². The molecular weight excluding hydrogens is 330 g/mol. The zero-order valence-electron chi connectivity index (χ0n) is 14.6. The topological polar surface area (TPSA) is 71.4 Å². The molecule has 0 saturated carbocycles. The molecular formula is C20H21N3O3. The number of carbonyl (C=O) groups is 2. The van der Waals surface area contributed by atoms with Crippen LogP contribution in [-0.2, 0) is 6.54 Å². The first-order valence-corrected chi connectivity index (χ1v) is 8.88. The number of carbonyl (C=O) groups excluding carboxylic acids is 2. The number of nitrogens with one attached hydrogen (secondary N) is 1. The minimum atomic E-state index is -0.137. The van der Waals surface area contributed by atoms with E-state index in [1.165, 1.54) is 6.92 Å². The number of benzene rings is 1. The second-order valence-electron chi connectivity index (χ2n) is 7.17. The second kappa shape index (κ2) is 6.44. The number of amides is 2. The van der Waals surface area contributed by atoms with Gasteiger partial charge in [0.25, 0.3) is 5.56 Å². The summed E-state index contributed by atoms with van der Waals surface area (Å²) in [5, 5.41) is 2.91. The summed E-state index contributed by atoms with van der Waals surface area (Å²) in [4.78, 5) is 37.9. The zero-order chi connectivity index (χ0) is 18.3. The number of rotatable bonds is 2. The van der Waals surface area contributed by atoms with E-state index in [0.29, 0.717) is 36.8 Å². The molecule has 4 rings (SSSR count). The first kappa shape index (κ1) is 16.6. The minimum absolute atomic E-state index is 0.000593. The normalized spacial score (nSPS) is 21.0. The number of fused-ring (bicyclic) bond motifs is 4. The van der Waals surface area contributed by atoms with Crippen LogP contribution < -0.4 is 10.9 Å². The average molecular weight is 351 g/mol. The Hall–Kier alpha value is -2.89. The second-order valence-corrected chi connectivity index (χ2v) is 7.17. The standard InChI is InChI=1S/C20H21N3O3/c1-13(24)15-5-7-17(8-6-15)21-20(26)22-10-14-9-16(12-22)18-3-2-4-19(25)23(18)11-14/h2-8,14,16H,9-12H2,1H3,(H,21,26)/t14-,16-/m0/s1. The lowest BCUT2D eigenvalue weighted by Gasteiger charge is -2.42. The summed E-state index contributed by atoms with van der Waals surface area (Å²) in [5.74, 6) is 0.495. The molecule has 1 aromatic heterocycles. The van der Waals surface area contributed by atoms with E-state index in [4.69, 9.17) is 0 Å². The van der Waals surface area contributed by atoms with Gasteiger partial charge >= 0.3 is 6.03 Å². The third-order valence-electron chi connectivity index (χ3n) is 5.31. The minimum Gasteiger partial charge on any atom is -0.324 e. The van der Waals surface area contributed by atoms with E-state index in [9.17, 15) is 14.4 Å². The summed E-state index contributed by atoms with van der Waals surface area (Å²) >= 11 is 0. The van der Waals surface area contributed by atoms with Crippen molar-refractivity contribution < 1.29 is 9.59 Å². The van der Waals surface area contributed by atoms with Crippen LogP contribution in [0.4, 0.5) is 10.5 Å². The predicted molar refractivity (Wildman–Crippen MR) is 98.6 cm³/mol. The van der Waals surface area contributed by atoms with Crippen molar-refractivity contribution in [2.24, 2.45) is 5.92 Å². The average Bonchev–Trinajstić information content (AvgIpc) is 2.63. The molecule has 2 aliphatic rings. The molecule has 0 aliphatic carbocycles. The van der Waals surface area contributed by atoms with Gasteiger partial charge in [-0.1, -0.05) is 6.07 Å². The Kier molecular flexibility index (Phi) is 4.11.